The first-order valence-corrected chi connectivity index (χ1v) is 10.8. The summed E-state index contributed by atoms with van der Waals surface area (Å²) in [6.45, 7) is 3.73. The van der Waals surface area contributed by atoms with Gasteiger partial charge in [-0.25, -0.2) is 0 Å². The molecule has 1 amide bonds. The Kier molecular flexibility index (Phi) is 5.24. The van der Waals surface area contributed by atoms with Gasteiger partial charge in [-0.3, -0.25) is 9.78 Å². The number of anilines is 1. The molecule has 0 fully saturated rings. The van der Waals surface area contributed by atoms with Crippen molar-refractivity contribution in [2.75, 3.05) is 18.1 Å². The summed E-state index contributed by atoms with van der Waals surface area (Å²) >= 11 is 0. The van der Waals surface area contributed by atoms with E-state index in [-0.39, 0.29) is 5.91 Å². The Morgan fingerprint density at radius 2 is 1.90 bits per heavy atom. The number of aromatic nitrogens is 1. The summed E-state index contributed by atoms with van der Waals surface area (Å²) in [6.07, 6.45) is 4.34. The van der Waals surface area contributed by atoms with Crippen molar-refractivity contribution in [1.29, 1.82) is 0 Å². The van der Waals surface area contributed by atoms with Crippen LogP contribution in [0.25, 0.3) is 11.3 Å². The Balaban J connectivity index is 1.57. The summed E-state index contributed by atoms with van der Waals surface area (Å²) in [5.74, 6) is 1.82. The zero-order valence-corrected chi connectivity index (χ0v) is 17.6. The number of pyridine rings is 1. The number of carbonyl (C=O) groups is 1. The lowest BCUT2D eigenvalue weighted by atomic mass is 10.1. The topological polar surface area (TPSA) is 54.8 Å². The lowest BCUT2D eigenvalue weighted by Gasteiger charge is -2.24. The molecule has 2 aromatic carbocycles. The van der Waals surface area contributed by atoms with E-state index >= 15 is 0 Å². The average Bonchev–Trinajstić information content (AvgIpc) is 3.13. The first-order valence-electron chi connectivity index (χ1n) is 10.8. The fraction of sp³-hybridized carbons (Fsp3) is 0.269. The SMILES string of the molecule is C[C@@H]1CCCOc2ccccc2-c2cc(ccn2)C(=O)N=C2Cc3ccccc3N2C1. The van der Waals surface area contributed by atoms with Gasteiger partial charge in [0.2, 0.25) is 0 Å². The van der Waals surface area contributed by atoms with Crippen molar-refractivity contribution < 1.29 is 9.53 Å². The number of fused-ring (bicyclic) bond motifs is 7. The molecule has 2 aliphatic heterocycles. The van der Waals surface area contributed by atoms with Gasteiger partial charge in [0, 0.05) is 36.0 Å². The first-order chi connectivity index (χ1) is 15.2. The average molecular weight is 412 g/mol. The highest BCUT2D eigenvalue weighted by atomic mass is 16.5. The van der Waals surface area contributed by atoms with Crippen LogP contribution in [0.5, 0.6) is 5.75 Å². The molecule has 0 saturated heterocycles. The van der Waals surface area contributed by atoms with E-state index in [4.69, 9.17) is 4.74 Å². The Bertz CT molecular complexity index is 1150. The highest BCUT2D eigenvalue weighted by Crippen LogP contribution is 2.32. The van der Waals surface area contributed by atoms with Crippen LogP contribution in [0, 0.1) is 5.92 Å². The van der Waals surface area contributed by atoms with Gasteiger partial charge in [0.25, 0.3) is 5.91 Å². The number of amidine groups is 1. The van der Waals surface area contributed by atoms with Gasteiger partial charge in [-0.05, 0) is 54.7 Å². The highest BCUT2D eigenvalue weighted by Gasteiger charge is 2.27. The monoisotopic (exact) mass is 411 g/mol. The van der Waals surface area contributed by atoms with E-state index in [1.807, 2.05) is 42.5 Å². The third-order valence-electron chi connectivity index (χ3n) is 5.94. The van der Waals surface area contributed by atoms with Crippen molar-refractivity contribution in [2.24, 2.45) is 10.9 Å². The summed E-state index contributed by atoms with van der Waals surface area (Å²) in [6, 6.07) is 19.7. The molecular weight excluding hydrogens is 386 g/mol. The zero-order valence-electron chi connectivity index (χ0n) is 17.6. The summed E-state index contributed by atoms with van der Waals surface area (Å²) in [4.78, 5) is 24.4. The van der Waals surface area contributed by atoms with Crippen molar-refractivity contribution in [2.45, 2.75) is 26.2 Å². The van der Waals surface area contributed by atoms with Crippen LogP contribution in [0.15, 0.2) is 71.9 Å². The van der Waals surface area contributed by atoms with Gasteiger partial charge in [-0.15, -0.1) is 0 Å². The number of ether oxygens (including phenoxy) is 1. The van der Waals surface area contributed by atoms with Crippen molar-refractivity contribution in [3.8, 4) is 17.0 Å². The van der Waals surface area contributed by atoms with Crippen LogP contribution in [0.2, 0.25) is 0 Å². The van der Waals surface area contributed by atoms with Gasteiger partial charge in [-0.1, -0.05) is 37.3 Å². The molecule has 2 bridgehead atoms. The maximum Gasteiger partial charge on any atom is 0.278 e. The summed E-state index contributed by atoms with van der Waals surface area (Å²) in [7, 11) is 0. The second-order valence-electron chi connectivity index (χ2n) is 8.27. The molecule has 1 aromatic heterocycles. The lowest BCUT2D eigenvalue weighted by Crippen LogP contribution is -2.32. The van der Waals surface area contributed by atoms with E-state index in [1.165, 1.54) is 5.56 Å². The molecule has 0 saturated carbocycles. The summed E-state index contributed by atoms with van der Waals surface area (Å²) < 4.78 is 6.11. The number of aliphatic imine (C=N–C) groups is 1. The summed E-state index contributed by atoms with van der Waals surface area (Å²) in [5, 5.41) is 0. The largest absolute Gasteiger partial charge is 0.493 e. The van der Waals surface area contributed by atoms with Crippen LogP contribution in [0.1, 0.15) is 35.7 Å². The number of para-hydroxylation sites is 2. The fourth-order valence-corrected chi connectivity index (χ4v) is 4.35. The second-order valence-corrected chi connectivity index (χ2v) is 8.27. The predicted octanol–water partition coefficient (Wildman–Crippen LogP) is 5.16. The standard InChI is InChI=1S/C26H25N3O2/c1-18-7-6-14-31-24-11-5-3-9-21(24)22-15-20(12-13-27-22)26(30)28-25-16-19-8-2-4-10-23(19)29(25)17-18/h2-5,8-13,15,18H,6-7,14,16-17H2,1H3/t18-/m1/s1. The van der Waals surface area contributed by atoms with Gasteiger partial charge in [0.1, 0.15) is 11.6 Å². The van der Waals surface area contributed by atoms with E-state index in [0.29, 0.717) is 24.5 Å². The van der Waals surface area contributed by atoms with E-state index in [1.54, 1.807) is 12.3 Å². The van der Waals surface area contributed by atoms with Gasteiger partial charge < -0.3 is 9.64 Å². The van der Waals surface area contributed by atoms with E-state index in [2.05, 4.69) is 33.9 Å². The van der Waals surface area contributed by atoms with Crippen LogP contribution in [0.4, 0.5) is 5.69 Å². The molecule has 3 aromatic rings. The molecule has 3 heterocycles. The van der Waals surface area contributed by atoms with Crippen molar-refractivity contribution in [1.82, 2.24) is 4.98 Å². The molecule has 31 heavy (non-hydrogen) atoms. The minimum absolute atomic E-state index is 0.239. The van der Waals surface area contributed by atoms with E-state index in [9.17, 15) is 4.79 Å². The van der Waals surface area contributed by atoms with Gasteiger partial charge in [-0.2, -0.15) is 4.99 Å². The second kappa shape index (κ2) is 8.34. The third-order valence-corrected chi connectivity index (χ3v) is 5.94. The van der Waals surface area contributed by atoms with Crippen LogP contribution in [-0.2, 0) is 6.42 Å². The van der Waals surface area contributed by atoms with Gasteiger partial charge in [0.15, 0.2) is 0 Å². The predicted molar refractivity (Wildman–Crippen MR) is 123 cm³/mol. The number of benzene rings is 2. The number of hydrogen-bond donors (Lipinski definition) is 0. The Hall–Kier alpha value is -3.47. The molecule has 5 nitrogen and oxygen atoms in total. The molecule has 5 rings (SSSR count). The number of hydrogen-bond acceptors (Lipinski definition) is 4. The van der Waals surface area contributed by atoms with Crippen molar-refractivity contribution in [3.05, 3.63) is 78.0 Å². The highest BCUT2D eigenvalue weighted by molar-refractivity contribution is 6.12. The Labute approximate surface area is 182 Å². The summed E-state index contributed by atoms with van der Waals surface area (Å²) in [5.41, 5.74) is 4.52. The molecular formula is C26H25N3O2. The normalized spacial score (nSPS) is 18.6. The third kappa shape index (κ3) is 3.96. The van der Waals surface area contributed by atoms with Crippen molar-refractivity contribution in [3.63, 3.8) is 0 Å². The molecule has 0 spiro atoms. The molecule has 156 valence electrons. The number of carbonyl (C=O) groups excluding carboxylic acids is 1. The maximum absolute atomic E-state index is 13.1. The molecule has 5 heteroatoms. The smallest absolute Gasteiger partial charge is 0.278 e. The molecule has 0 aliphatic carbocycles. The van der Waals surface area contributed by atoms with Crippen LogP contribution < -0.4 is 9.64 Å². The van der Waals surface area contributed by atoms with E-state index in [0.717, 1.165) is 47.9 Å². The number of amides is 1. The van der Waals surface area contributed by atoms with Crippen LogP contribution >= 0.6 is 0 Å². The minimum atomic E-state index is -0.239. The van der Waals surface area contributed by atoms with E-state index < -0.39 is 0 Å². The maximum atomic E-state index is 13.1. The van der Waals surface area contributed by atoms with Crippen molar-refractivity contribution >= 4 is 17.4 Å². The molecule has 0 N–H and O–H groups in total. The van der Waals surface area contributed by atoms with Crippen LogP contribution in [-0.4, -0.2) is 29.9 Å². The number of rotatable bonds is 0. The van der Waals surface area contributed by atoms with Crippen LogP contribution in [0.3, 0.4) is 0 Å². The zero-order chi connectivity index (χ0) is 21.2. The molecule has 1 atom stereocenters. The minimum Gasteiger partial charge on any atom is -0.493 e. The molecule has 0 radical (unpaired) electrons. The van der Waals surface area contributed by atoms with Gasteiger partial charge >= 0.3 is 0 Å². The Morgan fingerprint density at radius 1 is 1.06 bits per heavy atom. The number of nitrogens with zero attached hydrogens (tertiary/aromatic N) is 3. The quantitative estimate of drug-likeness (QED) is 0.513. The molecule has 2 aliphatic rings. The molecule has 0 unspecified atom stereocenters. The fourth-order valence-electron chi connectivity index (χ4n) is 4.35. The van der Waals surface area contributed by atoms with Gasteiger partial charge in [0.05, 0.1) is 12.3 Å². The Morgan fingerprint density at radius 3 is 2.84 bits per heavy atom. The lowest BCUT2D eigenvalue weighted by molar-refractivity contribution is 0.100. The first kappa shape index (κ1) is 19.5.